The van der Waals surface area contributed by atoms with E-state index in [0.717, 1.165) is 51.3 Å². The summed E-state index contributed by atoms with van der Waals surface area (Å²) in [7, 11) is 1.90. The highest BCUT2D eigenvalue weighted by molar-refractivity contribution is 5.85. The number of piperidine rings is 1. The van der Waals surface area contributed by atoms with Gasteiger partial charge in [0.05, 0.1) is 6.61 Å². The van der Waals surface area contributed by atoms with E-state index in [4.69, 9.17) is 4.74 Å². The van der Waals surface area contributed by atoms with E-state index in [-0.39, 0.29) is 0 Å². The van der Waals surface area contributed by atoms with Gasteiger partial charge in [-0.3, -0.25) is 4.99 Å². The van der Waals surface area contributed by atoms with Gasteiger partial charge in [-0.1, -0.05) is 18.2 Å². The molecule has 1 aromatic carbocycles. The van der Waals surface area contributed by atoms with Gasteiger partial charge in [-0.2, -0.15) is 0 Å². The van der Waals surface area contributed by atoms with E-state index in [1.807, 2.05) is 37.4 Å². The number of ether oxygens (including phenoxy) is 1. The molecule has 2 rings (SSSR count). The third-order valence-electron chi connectivity index (χ3n) is 3.38. The van der Waals surface area contributed by atoms with Gasteiger partial charge in [-0.05, 0) is 31.4 Å². The minimum Gasteiger partial charge on any atom is -0.494 e. The number of nitrogens with zero attached hydrogens (tertiary/aromatic N) is 2. The zero-order valence-corrected chi connectivity index (χ0v) is 11.1. The van der Waals surface area contributed by atoms with E-state index in [2.05, 4.69) is 9.89 Å². The molecule has 0 atom stereocenters. The van der Waals surface area contributed by atoms with Crippen molar-refractivity contribution >= 4 is 5.71 Å². The van der Waals surface area contributed by atoms with E-state index in [1.54, 1.807) is 0 Å². The molecule has 3 heteroatoms. The average Bonchev–Trinajstić information content (AvgIpc) is 2.45. The summed E-state index contributed by atoms with van der Waals surface area (Å²) in [5.74, 6) is 0.969. The van der Waals surface area contributed by atoms with Crippen LogP contribution in [0.1, 0.15) is 19.3 Å². The molecule has 0 bridgehead atoms. The standard InChI is InChI=1S/C15H22N2O/c1-16-14-8-11-17(12-9-14)10-5-13-18-15-6-3-2-4-7-15/h2-4,6-7H,5,8-13H2,1H3. The normalized spacial score (nSPS) is 16.6. The first-order chi connectivity index (χ1) is 8.88. The summed E-state index contributed by atoms with van der Waals surface area (Å²) in [6.45, 7) is 4.23. The van der Waals surface area contributed by atoms with E-state index >= 15 is 0 Å². The molecule has 0 radical (unpaired) electrons. The molecule has 0 saturated carbocycles. The lowest BCUT2D eigenvalue weighted by molar-refractivity contribution is 0.234. The Morgan fingerprint density at radius 3 is 2.56 bits per heavy atom. The Hall–Kier alpha value is -1.35. The molecular formula is C15H22N2O. The van der Waals surface area contributed by atoms with E-state index in [9.17, 15) is 0 Å². The van der Waals surface area contributed by atoms with Crippen molar-refractivity contribution in [2.75, 3.05) is 33.3 Å². The average molecular weight is 246 g/mol. The predicted octanol–water partition coefficient (Wildman–Crippen LogP) is 2.62. The Morgan fingerprint density at radius 1 is 1.17 bits per heavy atom. The molecule has 1 aliphatic heterocycles. The highest BCUT2D eigenvalue weighted by Gasteiger charge is 2.13. The van der Waals surface area contributed by atoms with Gasteiger partial charge in [0.25, 0.3) is 0 Å². The zero-order valence-electron chi connectivity index (χ0n) is 11.1. The third kappa shape index (κ3) is 4.15. The van der Waals surface area contributed by atoms with Gasteiger partial charge in [0.1, 0.15) is 5.75 Å². The second kappa shape index (κ2) is 7.17. The Kier molecular flexibility index (Phi) is 5.21. The molecule has 98 valence electrons. The fraction of sp³-hybridized carbons (Fsp3) is 0.533. The SMILES string of the molecule is CN=C1CCN(CCCOc2ccccc2)CC1. The smallest absolute Gasteiger partial charge is 0.119 e. The lowest BCUT2D eigenvalue weighted by atomic mass is 10.1. The monoisotopic (exact) mass is 246 g/mol. The molecule has 1 saturated heterocycles. The van der Waals surface area contributed by atoms with Crippen molar-refractivity contribution in [1.82, 2.24) is 4.90 Å². The van der Waals surface area contributed by atoms with Crippen LogP contribution >= 0.6 is 0 Å². The maximum atomic E-state index is 5.69. The Labute approximate surface area is 109 Å². The fourth-order valence-corrected chi connectivity index (χ4v) is 2.25. The number of likely N-dealkylation sites (tertiary alicyclic amines) is 1. The van der Waals surface area contributed by atoms with Gasteiger partial charge < -0.3 is 9.64 Å². The highest BCUT2D eigenvalue weighted by atomic mass is 16.5. The summed E-state index contributed by atoms with van der Waals surface area (Å²) in [5, 5.41) is 0. The Balaban J connectivity index is 1.59. The van der Waals surface area contributed by atoms with Crippen molar-refractivity contribution in [2.24, 2.45) is 4.99 Å². The summed E-state index contributed by atoms with van der Waals surface area (Å²) in [6, 6.07) is 10.0. The van der Waals surface area contributed by atoms with Crippen LogP contribution in [0.5, 0.6) is 5.75 Å². The Bertz CT molecular complexity index is 365. The van der Waals surface area contributed by atoms with Crippen LogP contribution in [0.15, 0.2) is 35.3 Å². The van der Waals surface area contributed by atoms with Gasteiger partial charge in [0.15, 0.2) is 0 Å². The molecule has 0 amide bonds. The van der Waals surface area contributed by atoms with Crippen LogP contribution in [0.4, 0.5) is 0 Å². The molecule has 0 spiro atoms. The summed E-state index contributed by atoms with van der Waals surface area (Å²) >= 11 is 0. The van der Waals surface area contributed by atoms with Crippen molar-refractivity contribution in [3.05, 3.63) is 30.3 Å². The number of aliphatic imine (C=N–C) groups is 1. The number of benzene rings is 1. The second-order valence-corrected chi connectivity index (χ2v) is 4.65. The van der Waals surface area contributed by atoms with Crippen LogP contribution in [0.3, 0.4) is 0 Å². The number of hydrogen-bond donors (Lipinski definition) is 0. The summed E-state index contributed by atoms with van der Waals surface area (Å²) < 4.78 is 5.69. The topological polar surface area (TPSA) is 24.8 Å². The first-order valence-corrected chi connectivity index (χ1v) is 6.73. The first-order valence-electron chi connectivity index (χ1n) is 6.73. The van der Waals surface area contributed by atoms with Crippen LogP contribution in [-0.2, 0) is 0 Å². The van der Waals surface area contributed by atoms with Crippen LogP contribution in [-0.4, -0.2) is 43.9 Å². The highest BCUT2D eigenvalue weighted by Crippen LogP contribution is 2.10. The zero-order chi connectivity index (χ0) is 12.6. The molecule has 1 aliphatic rings. The Morgan fingerprint density at radius 2 is 1.89 bits per heavy atom. The van der Waals surface area contributed by atoms with Crippen molar-refractivity contribution < 1.29 is 4.74 Å². The molecule has 1 heterocycles. The van der Waals surface area contributed by atoms with Crippen molar-refractivity contribution in [3.63, 3.8) is 0 Å². The van der Waals surface area contributed by atoms with Crippen LogP contribution in [0, 0.1) is 0 Å². The van der Waals surface area contributed by atoms with Gasteiger partial charge in [0.2, 0.25) is 0 Å². The molecule has 1 aromatic rings. The number of rotatable bonds is 5. The summed E-state index contributed by atoms with van der Waals surface area (Å²) in [6.07, 6.45) is 3.36. The first kappa shape index (κ1) is 13.1. The third-order valence-corrected chi connectivity index (χ3v) is 3.38. The largest absolute Gasteiger partial charge is 0.494 e. The maximum Gasteiger partial charge on any atom is 0.119 e. The summed E-state index contributed by atoms with van der Waals surface area (Å²) in [5.41, 5.74) is 1.37. The van der Waals surface area contributed by atoms with Gasteiger partial charge in [-0.25, -0.2) is 0 Å². The van der Waals surface area contributed by atoms with Crippen LogP contribution in [0.2, 0.25) is 0 Å². The maximum absolute atomic E-state index is 5.69. The van der Waals surface area contributed by atoms with E-state index in [1.165, 1.54) is 5.71 Å². The van der Waals surface area contributed by atoms with E-state index < -0.39 is 0 Å². The molecule has 3 nitrogen and oxygen atoms in total. The van der Waals surface area contributed by atoms with Crippen LogP contribution in [0.25, 0.3) is 0 Å². The fourth-order valence-electron chi connectivity index (χ4n) is 2.25. The molecule has 0 aromatic heterocycles. The van der Waals surface area contributed by atoms with Gasteiger partial charge >= 0.3 is 0 Å². The quantitative estimate of drug-likeness (QED) is 0.746. The lowest BCUT2D eigenvalue weighted by Gasteiger charge is -2.27. The van der Waals surface area contributed by atoms with Crippen molar-refractivity contribution in [1.29, 1.82) is 0 Å². The minimum absolute atomic E-state index is 0.801. The molecule has 0 aliphatic carbocycles. The molecular weight excluding hydrogens is 224 g/mol. The van der Waals surface area contributed by atoms with Crippen LogP contribution < -0.4 is 4.74 Å². The number of para-hydroxylation sites is 1. The van der Waals surface area contributed by atoms with Gasteiger partial charge in [-0.15, -0.1) is 0 Å². The second-order valence-electron chi connectivity index (χ2n) is 4.65. The molecule has 18 heavy (non-hydrogen) atoms. The minimum atomic E-state index is 0.801. The lowest BCUT2D eigenvalue weighted by Crippen LogP contribution is -2.35. The van der Waals surface area contributed by atoms with E-state index in [0.29, 0.717) is 0 Å². The number of hydrogen-bond acceptors (Lipinski definition) is 3. The molecule has 1 fully saturated rings. The predicted molar refractivity (Wildman–Crippen MR) is 75.6 cm³/mol. The van der Waals surface area contributed by atoms with Gasteiger partial charge in [0, 0.05) is 32.4 Å². The molecule has 0 unspecified atom stereocenters. The summed E-state index contributed by atoms with van der Waals surface area (Å²) in [4.78, 5) is 6.79. The molecule has 0 N–H and O–H groups in total. The van der Waals surface area contributed by atoms with Crippen molar-refractivity contribution in [2.45, 2.75) is 19.3 Å². The van der Waals surface area contributed by atoms with Crippen molar-refractivity contribution in [3.8, 4) is 5.75 Å².